The second kappa shape index (κ2) is 15.9. The molecule has 1 amide bonds. The number of amides is 1. The van der Waals surface area contributed by atoms with Crippen LogP contribution in [0.5, 0.6) is 5.75 Å². The van der Waals surface area contributed by atoms with Crippen LogP contribution in [-0.4, -0.2) is 56.2 Å². The number of hydrogen-bond donors (Lipinski definition) is 0. The number of aryl methyl sites for hydroxylation is 2. The fourth-order valence-electron chi connectivity index (χ4n) is 5.16. The van der Waals surface area contributed by atoms with Gasteiger partial charge in [0.15, 0.2) is 0 Å². The van der Waals surface area contributed by atoms with Crippen LogP contribution < -0.4 is 9.64 Å². The molecule has 224 valence electrons. The molecule has 1 unspecified atom stereocenters. The Morgan fingerprint density at radius 1 is 1.10 bits per heavy atom. The second-order valence-corrected chi connectivity index (χ2v) is 12.4. The highest BCUT2D eigenvalue weighted by atomic mass is 35.5. The fourth-order valence-corrected chi connectivity index (χ4v) is 5.35. The van der Waals surface area contributed by atoms with E-state index in [4.69, 9.17) is 16.3 Å². The molecule has 2 aliphatic heterocycles. The standard InChI is InChI=1S/C29H37ClN2O2.C5H10O2/c1-3-9-23-19-25(30)12-13-26(23)24-20-32-17-8-6-4-5-7-16-31(2)29(33)15-11-22-10-14-28(34-21-24)27(32)18-22;1-5(2,3)7-4-6/h5,7,10,12-14,18-19,24H,3-4,6,8-9,11,15-17,20-21H2,1-2H3;4H,1-3H3/b7-5+;. The van der Waals surface area contributed by atoms with Gasteiger partial charge in [-0.2, -0.15) is 0 Å². The van der Waals surface area contributed by atoms with E-state index < -0.39 is 0 Å². The third-order valence-corrected chi connectivity index (χ3v) is 7.59. The lowest BCUT2D eigenvalue weighted by atomic mass is 9.92. The molecule has 2 heterocycles. The van der Waals surface area contributed by atoms with Gasteiger partial charge in [0, 0.05) is 44.0 Å². The van der Waals surface area contributed by atoms with Gasteiger partial charge in [-0.25, -0.2) is 0 Å². The lowest BCUT2D eigenvalue weighted by molar-refractivity contribution is -0.138. The highest BCUT2D eigenvalue weighted by Gasteiger charge is 2.26. The molecule has 0 aromatic heterocycles. The molecule has 7 heteroatoms. The monoisotopic (exact) mass is 582 g/mol. The number of ether oxygens (including phenoxy) is 2. The van der Waals surface area contributed by atoms with Crippen LogP contribution >= 0.6 is 11.6 Å². The first-order chi connectivity index (χ1) is 19.6. The highest BCUT2D eigenvalue weighted by molar-refractivity contribution is 6.30. The first-order valence-electron chi connectivity index (χ1n) is 14.9. The summed E-state index contributed by atoms with van der Waals surface area (Å²) in [5, 5.41) is 0.803. The van der Waals surface area contributed by atoms with Crippen LogP contribution in [0, 0.1) is 0 Å². The molecule has 2 aromatic rings. The summed E-state index contributed by atoms with van der Waals surface area (Å²) in [4.78, 5) is 26.5. The molecule has 2 aromatic carbocycles. The Labute approximate surface area is 251 Å². The molecule has 2 aliphatic rings. The van der Waals surface area contributed by atoms with Crippen LogP contribution in [-0.2, 0) is 27.2 Å². The highest BCUT2D eigenvalue weighted by Crippen LogP contribution is 2.37. The number of fused-ring (bicyclic) bond motifs is 1. The van der Waals surface area contributed by atoms with E-state index in [1.165, 1.54) is 16.7 Å². The summed E-state index contributed by atoms with van der Waals surface area (Å²) in [7, 11) is 1.89. The Balaban J connectivity index is 0.000000587. The predicted molar refractivity (Wildman–Crippen MR) is 168 cm³/mol. The lowest BCUT2D eigenvalue weighted by Crippen LogP contribution is -2.30. The van der Waals surface area contributed by atoms with Crippen LogP contribution in [0.1, 0.15) is 82.4 Å². The molecule has 4 rings (SSSR count). The minimum absolute atomic E-state index is 0.189. The van der Waals surface area contributed by atoms with E-state index in [1.54, 1.807) is 0 Å². The van der Waals surface area contributed by atoms with Crippen LogP contribution in [0.3, 0.4) is 0 Å². The summed E-state index contributed by atoms with van der Waals surface area (Å²) in [6, 6.07) is 12.8. The van der Waals surface area contributed by atoms with Crippen molar-refractivity contribution in [1.82, 2.24) is 4.90 Å². The average Bonchev–Trinajstić information content (AvgIpc) is 3.10. The van der Waals surface area contributed by atoms with Crippen LogP contribution in [0.15, 0.2) is 48.6 Å². The zero-order valence-electron chi connectivity index (χ0n) is 25.5. The van der Waals surface area contributed by atoms with E-state index in [1.807, 2.05) is 38.8 Å². The first kappa shape index (κ1) is 32.5. The molecular weight excluding hydrogens is 536 g/mol. The molecule has 0 saturated carbocycles. The maximum Gasteiger partial charge on any atom is 0.293 e. The van der Waals surface area contributed by atoms with Gasteiger partial charge >= 0.3 is 0 Å². The van der Waals surface area contributed by atoms with Gasteiger partial charge in [0.1, 0.15) is 11.4 Å². The molecule has 0 saturated heterocycles. The number of carbonyl (C=O) groups excluding carboxylic acids is 2. The van der Waals surface area contributed by atoms with E-state index in [0.29, 0.717) is 26.0 Å². The molecule has 1 atom stereocenters. The number of carbonyl (C=O) groups is 2. The number of likely N-dealkylation sites (N-methyl/N-ethyl adjacent to an activating group) is 1. The number of benzene rings is 2. The van der Waals surface area contributed by atoms with Crippen molar-refractivity contribution >= 4 is 29.7 Å². The minimum atomic E-state index is -0.318. The van der Waals surface area contributed by atoms with Crippen molar-refractivity contribution in [2.24, 2.45) is 0 Å². The number of allylic oxidation sites excluding steroid dienone is 1. The number of halogens is 1. The summed E-state index contributed by atoms with van der Waals surface area (Å²) >= 11 is 6.34. The molecule has 2 bridgehead atoms. The Kier molecular flexibility index (Phi) is 12.6. The van der Waals surface area contributed by atoms with Gasteiger partial charge in [0.2, 0.25) is 5.91 Å². The van der Waals surface area contributed by atoms with Crippen molar-refractivity contribution in [2.45, 2.75) is 84.2 Å². The van der Waals surface area contributed by atoms with Crippen molar-refractivity contribution < 1.29 is 19.1 Å². The van der Waals surface area contributed by atoms with Crippen LogP contribution in [0.4, 0.5) is 5.69 Å². The molecule has 0 N–H and O–H groups in total. The van der Waals surface area contributed by atoms with E-state index in [0.717, 1.165) is 68.1 Å². The smallest absolute Gasteiger partial charge is 0.293 e. The molecule has 0 fully saturated rings. The van der Waals surface area contributed by atoms with Gasteiger partial charge in [-0.05, 0) is 93.8 Å². The van der Waals surface area contributed by atoms with E-state index >= 15 is 0 Å². The summed E-state index contributed by atoms with van der Waals surface area (Å²) < 4.78 is 11.0. The van der Waals surface area contributed by atoms with Gasteiger partial charge in [-0.3, -0.25) is 9.59 Å². The molecule has 0 radical (unpaired) electrons. The largest absolute Gasteiger partial charge is 0.491 e. The van der Waals surface area contributed by atoms with Crippen LogP contribution in [0.2, 0.25) is 5.02 Å². The quantitative estimate of drug-likeness (QED) is 0.278. The van der Waals surface area contributed by atoms with E-state index in [2.05, 4.69) is 59.0 Å². The Morgan fingerprint density at radius 3 is 2.61 bits per heavy atom. The van der Waals surface area contributed by atoms with Gasteiger partial charge in [0.25, 0.3) is 6.47 Å². The molecule has 41 heavy (non-hydrogen) atoms. The van der Waals surface area contributed by atoms with Gasteiger partial charge in [0.05, 0.1) is 12.3 Å². The Bertz CT molecular complexity index is 1170. The Hall–Kier alpha value is -2.99. The van der Waals surface area contributed by atoms with Gasteiger partial charge in [-0.1, -0.05) is 49.2 Å². The SMILES string of the molecule is CC(C)(C)OC=O.CCCc1cc(Cl)ccc1C1COc2ccc3cc2N(CCCC/C=C/CN(C)C(=O)CC3)C1. The molecular formula is C34H47ClN2O4. The summed E-state index contributed by atoms with van der Waals surface area (Å²) in [6.07, 6.45) is 11.0. The van der Waals surface area contributed by atoms with Crippen molar-refractivity contribution in [3.8, 4) is 5.75 Å². The van der Waals surface area contributed by atoms with E-state index in [9.17, 15) is 9.59 Å². The van der Waals surface area contributed by atoms with E-state index in [-0.39, 0.29) is 17.4 Å². The summed E-state index contributed by atoms with van der Waals surface area (Å²) in [6.45, 7) is 11.4. The van der Waals surface area contributed by atoms with Crippen molar-refractivity contribution in [3.05, 3.63) is 70.3 Å². The number of nitrogens with zero attached hydrogens (tertiary/aromatic N) is 2. The maximum atomic E-state index is 12.6. The number of rotatable bonds is 4. The number of hydrogen-bond acceptors (Lipinski definition) is 5. The normalized spacial score (nSPS) is 19.0. The van der Waals surface area contributed by atoms with Crippen molar-refractivity contribution in [1.29, 1.82) is 0 Å². The van der Waals surface area contributed by atoms with Crippen LogP contribution in [0.25, 0.3) is 0 Å². The average molecular weight is 583 g/mol. The predicted octanol–water partition coefficient (Wildman–Crippen LogP) is 7.36. The summed E-state index contributed by atoms with van der Waals surface area (Å²) in [5.74, 6) is 1.42. The third kappa shape index (κ3) is 10.4. The fraction of sp³-hybridized carbons (Fsp3) is 0.529. The topological polar surface area (TPSA) is 59.1 Å². The molecule has 0 spiro atoms. The zero-order chi connectivity index (χ0) is 29.8. The second-order valence-electron chi connectivity index (χ2n) is 11.9. The number of anilines is 1. The zero-order valence-corrected chi connectivity index (χ0v) is 26.2. The van der Waals surface area contributed by atoms with Crippen molar-refractivity contribution in [3.63, 3.8) is 0 Å². The molecule has 6 nitrogen and oxygen atoms in total. The van der Waals surface area contributed by atoms with Crippen molar-refractivity contribution in [2.75, 3.05) is 38.2 Å². The maximum absolute atomic E-state index is 12.6. The minimum Gasteiger partial charge on any atom is -0.491 e. The first-order valence-corrected chi connectivity index (χ1v) is 15.3. The Morgan fingerprint density at radius 2 is 1.90 bits per heavy atom. The summed E-state index contributed by atoms with van der Waals surface area (Å²) in [5.41, 5.74) is 4.73. The molecule has 0 aliphatic carbocycles. The van der Waals surface area contributed by atoms with Gasteiger partial charge < -0.3 is 19.3 Å². The van der Waals surface area contributed by atoms with Gasteiger partial charge in [-0.15, -0.1) is 0 Å². The lowest BCUT2D eigenvalue weighted by Gasteiger charge is -2.28. The third-order valence-electron chi connectivity index (χ3n) is 7.36.